The lowest BCUT2D eigenvalue weighted by molar-refractivity contribution is 0.573. The number of nitrogens with zero attached hydrogens (tertiary/aromatic N) is 3. The van der Waals surface area contributed by atoms with E-state index in [9.17, 15) is 8.42 Å². The van der Waals surface area contributed by atoms with Crippen LogP contribution in [-0.2, 0) is 9.84 Å². The maximum absolute atomic E-state index is 11.1. The van der Waals surface area contributed by atoms with Crippen molar-refractivity contribution in [2.24, 2.45) is 5.11 Å². The van der Waals surface area contributed by atoms with Crippen LogP contribution >= 0.6 is 0 Å². The van der Waals surface area contributed by atoms with Crippen LogP contribution in [-0.4, -0.2) is 26.0 Å². The van der Waals surface area contributed by atoms with Crippen LogP contribution in [0.1, 0.15) is 19.3 Å². The summed E-state index contributed by atoms with van der Waals surface area (Å²) in [6.07, 6.45) is 3.36. The molecule has 5 nitrogen and oxygen atoms in total. The first-order chi connectivity index (χ1) is 5.55. The second-order valence-electron chi connectivity index (χ2n) is 3.07. The van der Waals surface area contributed by atoms with E-state index in [2.05, 4.69) is 10.0 Å². The summed E-state index contributed by atoms with van der Waals surface area (Å²) >= 11 is 0. The molecule has 1 aliphatic rings. The Labute approximate surface area is 71.3 Å². The van der Waals surface area contributed by atoms with Crippen molar-refractivity contribution in [1.29, 1.82) is 0 Å². The molecule has 1 saturated carbocycles. The van der Waals surface area contributed by atoms with Crippen LogP contribution in [0, 0.1) is 0 Å². The third-order valence-corrected chi connectivity index (χ3v) is 3.82. The minimum Gasteiger partial charge on any atom is -0.229 e. The highest BCUT2D eigenvalue weighted by Gasteiger charge is 2.33. The fourth-order valence-electron chi connectivity index (χ4n) is 1.60. The van der Waals surface area contributed by atoms with Crippen LogP contribution < -0.4 is 0 Å². The first kappa shape index (κ1) is 9.35. The Kier molecular flexibility index (Phi) is 2.59. The van der Waals surface area contributed by atoms with Crippen LogP contribution in [0.2, 0.25) is 0 Å². The molecule has 0 aliphatic heterocycles. The monoisotopic (exact) mass is 189 g/mol. The molecule has 0 amide bonds. The van der Waals surface area contributed by atoms with Gasteiger partial charge in [-0.05, 0) is 18.4 Å². The van der Waals surface area contributed by atoms with E-state index in [1.54, 1.807) is 0 Å². The summed E-state index contributed by atoms with van der Waals surface area (Å²) in [5.41, 5.74) is 8.17. The van der Waals surface area contributed by atoms with Crippen molar-refractivity contribution in [2.75, 3.05) is 6.26 Å². The van der Waals surface area contributed by atoms with Gasteiger partial charge in [0.25, 0.3) is 0 Å². The molecule has 0 aromatic heterocycles. The number of rotatable bonds is 2. The van der Waals surface area contributed by atoms with Gasteiger partial charge in [0.2, 0.25) is 0 Å². The van der Waals surface area contributed by atoms with Gasteiger partial charge in [0.05, 0.1) is 11.3 Å². The summed E-state index contributed by atoms with van der Waals surface area (Å²) in [6, 6.07) is -0.343. The van der Waals surface area contributed by atoms with Crippen molar-refractivity contribution in [1.82, 2.24) is 0 Å². The number of sulfone groups is 1. The van der Waals surface area contributed by atoms with Crippen LogP contribution in [0.15, 0.2) is 5.11 Å². The first-order valence-electron chi connectivity index (χ1n) is 3.79. The normalized spacial score (nSPS) is 29.8. The molecule has 1 rings (SSSR count). The van der Waals surface area contributed by atoms with Crippen LogP contribution in [0.3, 0.4) is 0 Å². The largest absolute Gasteiger partial charge is 0.229 e. The Bertz CT molecular complexity index is 305. The second kappa shape index (κ2) is 3.33. The summed E-state index contributed by atoms with van der Waals surface area (Å²) in [7, 11) is -3.04. The quantitative estimate of drug-likeness (QED) is 0.372. The van der Waals surface area contributed by atoms with Gasteiger partial charge in [0, 0.05) is 11.2 Å². The minimum atomic E-state index is -3.04. The summed E-state index contributed by atoms with van der Waals surface area (Å²) in [5.74, 6) is 0. The van der Waals surface area contributed by atoms with E-state index in [0.29, 0.717) is 12.8 Å². The van der Waals surface area contributed by atoms with Gasteiger partial charge in [-0.25, -0.2) is 8.42 Å². The fraction of sp³-hybridized carbons (Fsp3) is 1.00. The van der Waals surface area contributed by atoms with Gasteiger partial charge in [0.15, 0.2) is 9.84 Å². The van der Waals surface area contributed by atoms with Crippen molar-refractivity contribution >= 4 is 9.84 Å². The number of hydrogen-bond donors (Lipinski definition) is 0. The predicted octanol–water partition coefficient (Wildman–Crippen LogP) is 1.26. The van der Waals surface area contributed by atoms with Crippen molar-refractivity contribution in [2.45, 2.75) is 30.6 Å². The Hall–Kier alpha value is -0.740. The van der Waals surface area contributed by atoms with Gasteiger partial charge >= 0.3 is 0 Å². The maximum Gasteiger partial charge on any atom is 0.150 e. The van der Waals surface area contributed by atoms with E-state index in [1.807, 2.05) is 0 Å². The lowest BCUT2D eigenvalue weighted by atomic mass is 10.3. The number of hydrogen-bond acceptors (Lipinski definition) is 3. The molecule has 6 heteroatoms. The Balaban J connectivity index is 2.84. The predicted molar refractivity (Wildman–Crippen MR) is 45.4 cm³/mol. The topological polar surface area (TPSA) is 82.9 Å². The van der Waals surface area contributed by atoms with Gasteiger partial charge in [-0.2, -0.15) is 0 Å². The fourth-order valence-corrected chi connectivity index (χ4v) is 2.96. The molecule has 1 fully saturated rings. The minimum absolute atomic E-state index is 0.343. The smallest absolute Gasteiger partial charge is 0.150 e. The van der Waals surface area contributed by atoms with Gasteiger partial charge < -0.3 is 0 Å². The molecule has 0 heterocycles. The van der Waals surface area contributed by atoms with Gasteiger partial charge in [-0.15, -0.1) is 0 Å². The second-order valence-corrected chi connectivity index (χ2v) is 5.34. The molecule has 68 valence electrons. The van der Waals surface area contributed by atoms with Crippen molar-refractivity contribution in [3.8, 4) is 0 Å². The van der Waals surface area contributed by atoms with E-state index in [0.717, 1.165) is 6.42 Å². The molecule has 1 aliphatic carbocycles. The van der Waals surface area contributed by atoms with Crippen molar-refractivity contribution < 1.29 is 8.42 Å². The van der Waals surface area contributed by atoms with Crippen LogP contribution in [0.4, 0.5) is 0 Å². The molecule has 2 atom stereocenters. The summed E-state index contributed by atoms with van der Waals surface area (Å²) in [5, 5.41) is 3.02. The highest BCUT2D eigenvalue weighted by atomic mass is 32.2. The summed E-state index contributed by atoms with van der Waals surface area (Å²) in [4.78, 5) is 2.64. The van der Waals surface area contributed by atoms with E-state index >= 15 is 0 Å². The zero-order valence-electron chi connectivity index (χ0n) is 6.84. The van der Waals surface area contributed by atoms with Crippen LogP contribution in [0.5, 0.6) is 0 Å². The molecule has 12 heavy (non-hydrogen) atoms. The molecular formula is C6H11N3O2S. The van der Waals surface area contributed by atoms with Gasteiger partial charge in [0.1, 0.15) is 0 Å². The Morgan fingerprint density at radius 3 is 2.67 bits per heavy atom. The molecule has 0 N–H and O–H groups in total. The third kappa shape index (κ3) is 1.89. The Morgan fingerprint density at radius 1 is 1.50 bits per heavy atom. The van der Waals surface area contributed by atoms with E-state index < -0.39 is 15.1 Å². The third-order valence-electron chi connectivity index (χ3n) is 2.17. The Morgan fingerprint density at radius 2 is 2.17 bits per heavy atom. The lowest BCUT2D eigenvalue weighted by Gasteiger charge is -2.11. The molecule has 0 aromatic carbocycles. The summed E-state index contributed by atoms with van der Waals surface area (Å²) in [6.45, 7) is 0. The standard InChI is InChI=1S/C6H11N3O2S/c1-12(10,11)6-4-2-3-5(6)8-9-7/h5-6H,2-4H2,1H3/t5-,6-/m1/s1. The molecular weight excluding hydrogens is 178 g/mol. The molecule has 0 radical (unpaired) electrons. The zero-order valence-corrected chi connectivity index (χ0v) is 7.66. The van der Waals surface area contributed by atoms with Crippen molar-refractivity contribution in [3.63, 3.8) is 0 Å². The maximum atomic E-state index is 11.1. The van der Waals surface area contributed by atoms with Gasteiger partial charge in [-0.3, -0.25) is 0 Å². The van der Waals surface area contributed by atoms with E-state index in [4.69, 9.17) is 5.53 Å². The highest BCUT2D eigenvalue weighted by molar-refractivity contribution is 7.91. The average Bonchev–Trinajstić information content (AvgIpc) is 2.34. The van der Waals surface area contributed by atoms with E-state index in [-0.39, 0.29) is 6.04 Å². The number of azide groups is 1. The average molecular weight is 189 g/mol. The van der Waals surface area contributed by atoms with Crippen LogP contribution in [0.25, 0.3) is 10.4 Å². The molecule has 0 saturated heterocycles. The molecule has 0 unspecified atom stereocenters. The molecule has 0 bridgehead atoms. The lowest BCUT2D eigenvalue weighted by Crippen LogP contribution is -2.26. The SMILES string of the molecule is CS(=O)(=O)[C@@H]1CCC[C@H]1N=[N+]=[N-]. The van der Waals surface area contributed by atoms with Crippen molar-refractivity contribution in [3.05, 3.63) is 10.4 Å². The summed E-state index contributed by atoms with van der Waals surface area (Å²) < 4.78 is 22.3. The molecule has 0 aromatic rings. The first-order valence-corrected chi connectivity index (χ1v) is 5.74. The molecule has 0 spiro atoms. The van der Waals surface area contributed by atoms with E-state index in [1.165, 1.54) is 6.26 Å². The zero-order chi connectivity index (χ0) is 9.19. The highest BCUT2D eigenvalue weighted by Crippen LogP contribution is 2.27. The van der Waals surface area contributed by atoms with Gasteiger partial charge in [-0.1, -0.05) is 11.5 Å².